The number of hydrogen-bond acceptors (Lipinski definition) is 2. The topological polar surface area (TPSA) is 41.0 Å². The summed E-state index contributed by atoms with van der Waals surface area (Å²) in [6, 6.07) is 9.55. The minimum absolute atomic E-state index is 0.0197. The molecule has 0 atom stereocenters. The van der Waals surface area contributed by atoms with Crippen LogP contribution in [0.1, 0.15) is 5.69 Å². The van der Waals surface area contributed by atoms with Gasteiger partial charge in [-0.05, 0) is 19.1 Å². The molecule has 2 rings (SSSR count). The fourth-order valence-electron chi connectivity index (χ4n) is 1.82. The first-order valence-electron chi connectivity index (χ1n) is 5.15. The van der Waals surface area contributed by atoms with E-state index in [1.807, 2.05) is 56.3 Å². The molecule has 1 aromatic heterocycles. The highest BCUT2D eigenvalue weighted by Gasteiger charge is 2.13. The molecule has 0 aliphatic carbocycles. The molecule has 0 saturated carbocycles. The van der Waals surface area contributed by atoms with Gasteiger partial charge in [-0.2, -0.15) is 0 Å². The molecule has 0 amide bonds. The number of para-hydroxylation sites is 1. The minimum Gasteiger partial charge on any atom is -0.372 e. The zero-order valence-electron chi connectivity index (χ0n) is 9.69. The van der Waals surface area contributed by atoms with Crippen LogP contribution < -0.4 is 10.5 Å². The Morgan fingerprint density at radius 2 is 1.81 bits per heavy atom. The van der Waals surface area contributed by atoms with Crippen LogP contribution in [0.15, 0.2) is 35.1 Å². The fourth-order valence-corrected chi connectivity index (χ4v) is 1.82. The van der Waals surface area contributed by atoms with E-state index in [9.17, 15) is 4.79 Å². The van der Waals surface area contributed by atoms with Crippen molar-refractivity contribution in [2.75, 3.05) is 19.0 Å². The summed E-state index contributed by atoms with van der Waals surface area (Å²) in [5.74, 6) is 0. The molecule has 84 valence electrons. The van der Waals surface area contributed by atoms with Gasteiger partial charge in [0.25, 0.3) is 5.56 Å². The van der Waals surface area contributed by atoms with E-state index in [0.29, 0.717) is 5.69 Å². The zero-order chi connectivity index (χ0) is 11.7. The maximum Gasteiger partial charge on any atom is 0.295 e. The average molecular weight is 217 g/mol. The summed E-state index contributed by atoms with van der Waals surface area (Å²) in [6.45, 7) is 1.90. The summed E-state index contributed by atoms with van der Waals surface area (Å²) < 4.78 is 1.56. The summed E-state index contributed by atoms with van der Waals surface area (Å²) in [6.07, 6.45) is 0. The summed E-state index contributed by atoms with van der Waals surface area (Å²) in [5, 5.41) is 3.07. The van der Waals surface area contributed by atoms with Crippen molar-refractivity contribution in [2.45, 2.75) is 6.92 Å². The molecule has 0 radical (unpaired) electrons. The molecule has 1 aromatic carbocycles. The second kappa shape index (κ2) is 3.89. The lowest BCUT2D eigenvalue weighted by Crippen LogP contribution is -2.22. The van der Waals surface area contributed by atoms with Crippen molar-refractivity contribution in [3.05, 3.63) is 46.4 Å². The van der Waals surface area contributed by atoms with Gasteiger partial charge in [0.2, 0.25) is 0 Å². The maximum absolute atomic E-state index is 12.1. The number of H-pyrrole nitrogens is 1. The van der Waals surface area contributed by atoms with Gasteiger partial charge in [0.05, 0.1) is 11.4 Å². The summed E-state index contributed by atoms with van der Waals surface area (Å²) >= 11 is 0. The second-order valence-electron chi connectivity index (χ2n) is 3.96. The molecule has 4 heteroatoms. The van der Waals surface area contributed by atoms with E-state index >= 15 is 0 Å². The molecule has 0 spiro atoms. The highest BCUT2D eigenvalue weighted by Crippen LogP contribution is 2.12. The molecule has 0 bridgehead atoms. The third-order valence-corrected chi connectivity index (χ3v) is 2.50. The predicted molar refractivity (Wildman–Crippen MR) is 65.5 cm³/mol. The lowest BCUT2D eigenvalue weighted by molar-refractivity contribution is 0.835. The van der Waals surface area contributed by atoms with E-state index in [4.69, 9.17) is 0 Å². The van der Waals surface area contributed by atoms with Crippen LogP contribution in [0.2, 0.25) is 0 Å². The van der Waals surface area contributed by atoms with E-state index in [1.165, 1.54) is 0 Å². The molecular weight excluding hydrogens is 202 g/mol. The van der Waals surface area contributed by atoms with Crippen LogP contribution in [0.3, 0.4) is 0 Å². The standard InChI is InChI=1S/C12H15N3O/c1-9-11(14(2)3)12(16)15(13-9)10-7-5-4-6-8-10/h4-8,13H,1-3H3. The first-order chi connectivity index (χ1) is 7.61. The molecular formula is C12H15N3O. The van der Waals surface area contributed by atoms with Crippen LogP contribution in [-0.2, 0) is 0 Å². The van der Waals surface area contributed by atoms with Gasteiger partial charge in [0.15, 0.2) is 0 Å². The predicted octanol–water partition coefficient (Wildman–Crippen LogP) is 1.54. The number of anilines is 1. The smallest absolute Gasteiger partial charge is 0.295 e. The number of aromatic amines is 1. The minimum atomic E-state index is -0.0197. The molecule has 1 N–H and O–H groups in total. The Bertz CT molecular complexity index is 537. The van der Waals surface area contributed by atoms with E-state index in [1.54, 1.807) is 4.68 Å². The highest BCUT2D eigenvalue weighted by atomic mass is 16.1. The third kappa shape index (κ3) is 1.62. The van der Waals surface area contributed by atoms with Crippen molar-refractivity contribution in [2.24, 2.45) is 0 Å². The molecule has 0 fully saturated rings. The second-order valence-corrected chi connectivity index (χ2v) is 3.96. The third-order valence-electron chi connectivity index (χ3n) is 2.50. The highest BCUT2D eigenvalue weighted by molar-refractivity contribution is 5.49. The Hall–Kier alpha value is -1.97. The number of benzene rings is 1. The van der Waals surface area contributed by atoms with Crippen molar-refractivity contribution in [1.82, 2.24) is 9.78 Å². The van der Waals surface area contributed by atoms with Crippen molar-refractivity contribution in [3.8, 4) is 5.69 Å². The summed E-state index contributed by atoms with van der Waals surface area (Å²) in [5.41, 5.74) is 2.40. The average Bonchev–Trinajstić information content (AvgIpc) is 2.55. The SMILES string of the molecule is Cc1[nH]n(-c2ccccc2)c(=O)c1N(C)C. The lowest BCUT2D eigenvalue weighted by Gasteiger charge is -2.08. The van der Waals surface area contributed by atoms with Gasteiger partial charge in [-0.3, -0.25) is 9.89 Å². The Balaban J connectivity index is 2.61. The summed E-state index contributed by atoms with van der Waals surface area (Å²) in [4.78, 5) is 13.9. The van der Waals surface area contributed by atoms with Gasteiger partial charge in [0.1, 0.15) is 5.69 Å². The van der Waals surface area contributed by atoms with Crippen molar-refractivity contribution >= 4 is 5.69 Å². The molecule has 2 aromatic rings. The maximum atomic E-state index is 12.1. The number of aromatic nitrogens is 2. The monoisotopic (exact) mass is 217 g/mol. The Morgan fingerprint density at radius 3 is 2.31 bits per heavy atom. The Kier molecular flexibility index (Phi) is 2.56. The molecule has 4 nitrogen and oxygen atoms in total. The van der Waals surface area contributed by atoms with E-state index in [2.05, 4.69) is 5.10 Å². The van der Waals surface area contributed by atoms with E-state index in [-0.39, 0.29) is 5.56 Å². The van der Waals surface area contributed by atoms with Crippen LogP contribution in [-0.4, -0.2) is 23.9 Å². The van der Waals surface area contributed by atoms with Gasteiger partial charge in [-0.1, -0.05) is 18.2 Å². The summed E-state index contributed by atoms with van der Waals surface area (Å²) in [7, 11) is 3.74. The van der Waals surface area contributed by atoms with Crippen LogP contribution in [0.4, 0.5) is 5.69 Å². The van der Waals surface area contributed by atoms with Crippen LogP contribution in [0.5, 0.6) is 0 Å². The molecule has 1 heterocycles. The normalized spacial score (nSPS) is 10.4. The van der Waals surface area contributed by atoms with Crippen LogP contribution in [0, 0.1) is 6.92 Å². The first kappa shape index (κ1) is 10.5. The number of aryl methyl sites for hydroxylation is 1. The molecule has 0 unspecified atom stereocenters. The Morgan fingerprint density at radius 1 is 1.19 bits per heavy atom. The van der Waals surface area contributed by atoms with E-state index < -0.39 is 0 Å². The number of nitrogens with zero attached hydrogens (tertiary/aromatic N) is 2. The first-order valence-corrected chi connectivity index (χ1v) is 5.15. The number of hydrogen-bond donors (Lipinski definition) is 1. The van der Waals surface area contributed by atoms with E-state index in [0.717, 1.165) is 11.4 Å². The number of nitrogens with one attached hydrogen (secondary N) is 1. The van der Waals surface area contributed by atoms with Gasteiger partial charge in [-0.15, -0.1) is 0 Å². The lowest BCUT2D eigenvalue weighted by atomic mass is 10.3. The molecule has 16 heavy (non-hydrogen) atoms. The molecule has 0 aliphatic rings. The van der Waals surface area contributed by atoms with Crippen molar-refractivity contribution < 1.29 is 0 Å². The van der Waals surface area contributed by atoms with Crippen LogP contribution in [0.25, 0.3) is 5.69 Å². The largest absolute Gasteiger partial charge is 0.372 e. The van der Waals surface area contributed by atoms with Crippen LogP contribution >= 0.6 is 0 Å². The molecule has 0 aliphatic heterocycles. The zero-order valence-corrected chi connectivity index (χ0v) is 9.69. The number of rotatable bonds is 2. The van der Waals surface area contributed by atoms with Gasteiger partial charge < -0.3 is 4.90 Å². The van der Waals surface area contributed by atoms with Crippen molar-refractivity contribution in [3.63, 3.8) is 0 Å². The van der Waals surface area contributed by atoms with Crippen molar-refractivity contribution in [1.29, 1.82) is 0 Å². The van der Waals surface area contributed by atoms with Gasteiger partial charge in [0, 0.05) is 14.1 Å². The molecule has 0 saturated heterocycles. The van der Waals surface area contributed by atoms with Gasteiger partial charge >= 0.3 is 0 Å². The van der Waals surface area contributed by atoms with Gasteiger partial charge in [-0.25, -0.2) is 4.68 Å². The fraction of sp³-hybridized carbons (Fsp3) is 0.250. The Labute approximate surface area is 94.1 Å². The quantitative estimate of drug-likeness (QED) is 0.829.